The molecule has 3 rings (SSSR count). The number of carbonyl (C=O) groups excluding carboxylic acids is 1. The number of benzene rings is 2. The molecule has 166 valence electrons. The van der Waals surface area contributed by atoms with Crippen LogP contribution in [0.5, 0.6) is 11.5 Å². The first-order valence-corrected chi connectivity index (χ1v) is 10.1. The van der Waals surface area contributed by atoms with Crippen LogP contribution < -0.4 is 9.47 Å². The topological polar surface area (TPSA) is 96.5 Å². The molecule has 2 aromatic carbocycles. The van der Waals surface area contributed by atoms with Crippen LogP contribution in [0.3, 0.4) is 0 Å². The Labute approximate surface area is 186 Å². The highest BCUT2D eigenvalue weighted by Crippen LogP contribution is 2.25. The van der Waals surface area contributed by atoms with Crippen LogP contribution in [0.25, 0.3) is 6.08 Å². The van der Waals surface area contributed by atoms with E-state index in [1.165, 1.54) is 29.6 Å². The van der Waals surface area contributed by atoms with Gasteiger partial charge in [0.05, 0.1) is 12.0 Å². The number of allylic oxidation sites excluding steroid dienone is 1. The molecule has 0 saturated carbocycles. The molecule has 0 aliphatic carbocycles. The summed E-state index contributed by atoms with van der Waals surface area (Å²) >= 11 is 0. The molecule has 0 aliphatic rings. The fraction of sp³-hybridized carbons (Fsp3) is 0.250. The number of ketones is 1. The predicted octanol–water partition coefficient (Wildman–Crippen LogP) is 4.94. The molecule has 0 spiro atoms. The van der Waals surface area contributed by atoms with Gasteiger partial charge >= 0.3 is 5.69 Å². The minimum atomic E-state index is -0.620. The van der Waals surface area contributed by atoms with Gasteiger partial charge in [-0.1, -0.05) is 38.1 Å². The summed E-state index contributed by atoms with van der Waals surface area (Å²) in [5, 5.41) is 15.0. The third-order valence-electron chi connectivity index (χ3n) is 4.91. The highest BCUT2D eigenvalue weighted by atomic mass is 16.6. The van der Waals surface area contributed by atoms with Crippen molar-refractivity contribution in [1.82, 2.24) is 9.78 Å². The quantitative estimate of drug-likeness (QED) is 0.204. The van der Waals surface area contributed by atoms with Crippen LogP contribution >= 0.6 is 0 Å². The molecule has 0 bridgehead atoms. The fourth-order valence-electron chi connectivity index (χ4n) is 3.16. The first-order valence-electron chi connectivity index (χ1n) is 10.1. The van der Waals surface area contributed by atoms with E-state index in [4.69, 9.17) is 9.47 Å². The van der Waals surface area contributed by atoms with Gasteiger partial charge in [0.1, 0.15) is 24.3 Å². The maximum absolute atomic E-state index is 12.4. The van der Waals surface area contributed by atoms with Crippen molar-refractivity contribution < 1.29 is 19.2 Å². The molecule has 0 amide bonds. The summed E-state index contributed by atoms with van der Waals surface area (Å²) in [7, 11) is 3.11. The summed E-state index contributed by atoms with van der Waals surface area (Å²) in [5.74, 6) is 1.31. The summed E-state index contributed by atoms with van der Waals surface area (Å²) in [6.45, 7) is 4.55. The largest absolute Gasteiger partial charge is 0.496 e. The Morgan fingerprint density at radius 2 is 1.94 bits per heavy atom. The van der Waals surface area contributed by atoms with Crippen LogP contribution in [0, 0.1) is 10.1 Å². The third kappa shape index (κ3) is 5.40. The minimum absolute atomic E-state index is 0.198. The Kier molecular flexibility index (Phi) is 7.04. The smallest absolute Gasteiger partial charge is 0.318 e. The molecule has 0 unspecified atom stereocenters. The monoisotopic (exact) mass is 435 g/mol. The molecule has 3 aromatic rings. The standard InChI is InChI=1S/C24H25N3O5/c1-16(2)18-7-9-20(10-8-18)32-15-19-13-17(6-12-23(19)31-4)5-11-22(28)24-21(27(29)30)14-26(3)25-24/h5-14,16H,15H2,1-4H3/b11-5+. The number of nitrogens with zero attached hydrogens (tertiary/aromatic N) is 3. The number of carbonyl (C=O) groups is 1. The molecule has 0 aliphatic heterocycles. The lowest BCUT2D eigenvalue weighted by atomic mass is 10.0. The third-order valence-corrected chi connectivity index (χ3v) is 4.91. The number of nitro groups is 1. The van der Waals surface area contributed by atoms with E-state index in [9.17, 15) is 14.9 Å². The minimum Gasteiger partial charge on any atom is -0.496 e. The maximum Gasteiger partial charge on any atom is 0.318 e. The average molecular weight is 435 g/mol. The molecule has 8 nitrogen and oxygen atoms in total. The summed E-state index contributed by atoms with van der Waals surface area (Å²) in [6.07, 6.45) is 4.06. The van der Waals surface area contributed by atoms with Crippen LogP contribution in [0.1, 0.15) is 46.9 Å². The van der Waals surface area contributed by atoms with Crippen LogP contribution in [-0.2, 0) is 13.7 Å². The number of aromatic nitrogens is 2. The molecule has 1 aromatic heterocycles. The molecule has 0 saturated heterocycles. The Balaban J connectivity index is 1.75. The summed E-state index contributed by atoms with van der Waals surface area (Å²) in [4.78, 5) is 22.9. The van der Waals surface area contributed by atoms with Gasteiger partial charge in [-0.05, 0) is 47.4 Å². The van der Waals surface area contributed by atoms with Crippen molar-refractivity contribution in [2.24, 2.45) is 7.05 Å². The van der Waals surface area contributed by atoms with Gasteiger partial charge in [0, 0.05) is 12.6 Å². The van der Waals surface area contributed by atoms with E-state index in [0.717, 1.165) is 16.9 Å². The zero-order chi connectivity index (χ0) is 23.3. The Morgan fingerprint density at radius 3 is 2.56 bits per heavy atom. The molecule has 0 fully saturated rings. The van der Waals surface area contributed by atoms with Gasteiger partial charge in [-0.3, -0.25) is 19.6 Å². The van der Waals surface area contributed by atoms with Crippen molar-refractivity contribution >= 4 is 17.5 Å². The van der Waals surface area contributed by atoms with E-state index in [1.807, 2.05) is 30.3 Å². The average Bonchev–Trinajstić information content (AvgIpc) is 3.18. The van der Waals surface area contributed by atoms with E-state index < -0.39 is 10.7 Å². The van der Waals surface area contributed by atoms with Gasteiger partial charge in [-0.25, -0.2) is 0 Å². The van der Waals surface area contributed by atoms with Crippen molar-refractivity contribution in [1.29, 1.82) is 0 Å². The number of methoxy groups -OCH3 is 1. The van der Waals surface area contributed by atoms with Crippen LogP contribution in [0.2, 0.25) is 0 Å². The maximum atomic E-state index is 12.4. The fourth-order valence-corrected chi connectivity index (χ4v) is 3.16. The van der Waals surface area contributed by atoms with Gasteiger partial charge in [-0.15, -0.1) is 0 Å². The van der Waals surface area contributed by atoms with E-state index in [-0.39, 0.29) is 18.0 Å². The van der Waals surface area contributed by atoms with Crippen LogP contribution in [-0.4, -0.2) is 27.6 Å². The lowest BCUT2D eigenvalue weighted by Gasteiger charge is -2.12. The van der Waals surface area contributed by atoms with Crippen LogP contribution in [0.15, 0.2) is 54.7 Å². The van der Waals surface area contributed by atoms with Crippen molar-refractivity contribution in [2.75, 3.05) is 7.11 Å². The Morgan fingerprint density at radius 1 is 1.22 bits per heavy atom. The van der Waals surface area contributed by atoms with Crippen molar-refractivity contribution in [3.63, 3.8) is 0 Å². The zero-order valence-corrected chi connectivity index (χ0v) is 18.4. The van der Waals surface area contributed by atoms with Gasteiger partial charge < -0.3 is 9.47 Å². The van der Waals surface area contributed by atoms with Gasteiger partial charge in [-0.2, -0.15) is 5.10 Å². The number of hydrogen-bond acceptors (Lipinski definition) is 6. The molecule has 0 atom stereocenters. The Hall–Kier alpha value is -3.94. The first kappa shape index (κ1) is 22.7. The van der Waals surface area contributed by atoms with E-state index in [2.05, 4.69) is 18.9 Å². The van der Waals surface area contributed by atoms with Crippen molar-refractivity contribution in [2.45, 2.75) is 26.4 Å². The first-order chi connectivity index (χ1) is 15.3. The lowest BCUT2D eigenvalue weighted by molar-refractivity contribution is -0.385. The summed E-state index contributed by atoms with van der Waals surface area (Å²) < 4.78 is 12.6. The normalized spacial score (nSPS) is 11.2. The van der Waals surface area contributed by atoms with Gasteiger partial charge in [0.25, 0.3) is 0 Å². The Bertz CT molecular complexity index is 1150. The van der Waals surface area contributed by atoms with Crippen molar-refractivity contribution in [3.8, 4) is 11.5 Å². The van der Waals surface area contributed by atoms with Gasteiger partial charge in [0.2, 0.25) is 11.5 Å². The number of aryl methyl sites for hydroxylation is 1. The zero-order valence-electron chi connectivity index (χ0n) is 18.4. The van der Waals surface area contributed by atoms with E-state index in [0.29, 0.717) is 11.7 Å². The number of ether oxygens (including phenoxy) is 2. The summed E-state index contributed by atoms with van der Waals surface area (Å²) in [5.41, 5.74) is 2.25. The SMILES string of the molecule is COc1ccc(/C=C/C(=O)c2nn(C)cc2[N+](=O)[O-])cc1COc1ccc(C(C)C)cc1. The van der Waals surface area contributed by atoms with Crippen LogP contribution in [0.4, 0.5) is 5.69 Å². The predicted molar refractivity (Wildman–Crippen MR) is 121 cm³/mol. The highest BCUT2D eigenvalue weighted by molar-refractivity contribution is 6.07. The highest BCUT2D eigenvalue weighted by Gasteiger charge is 2.23. The molecule has 0 radical (unpaired) electrons. The lowest BCUT2D eigenvalue weighted by Crippen LogP contribution is -2.01. The molecular weight excluding hydrogens is 410 g/mol. The van der Waals surface area contributed by atoms with Crippen molar-refractivity contribution in [3.05, 3.63) is 87.2 Å². The molecule has 8 heteroatoms. The second-order valence-electron chi connectivity index (χ2n) is 7.58. The number of rotatable bonds is 9. The second-order valence-corrected chi connectivity index (χ2v) is 7.58. The second kappa shape index (κ2) is 9.91. The molecular formula is C24H25N3O5. The van der Waals surface area contributed by atoms with E-state index >= 15 is 0 Å². The van der Waals surface area contributed by atoms with E-state index in [1.54, 1.807) is 25.3 Å². The molecule has 1 heterocycles. The summed E-state index contributed by atoms with van der Waals surface area (Å²) in [6, 6.07) is 13.4. The molecule has 32 heavy (non-hydrogen) atoms. The number of hydrogen-bond donors (Lipinski definition) is 0. The molecule has 0 N–H and O–H groups in total. The van der Waals surface area contributed by atoms with Gasteiger partial charge in [0.15, 0.2) is 0 Å².